The molecule has 2 fully saturated rings. The number of phenolic OH excluding ortho intramolecular Hbond substituents is 1. The molecule has 0 atom stereocenters. The standard InChI is InChI=1S/C23H26F3N3O3/c1-32-21-12-15(4-9-20(21)30)14-29(17-6-7-17)22(31)27-18-13-16(23(24,25)26)5-8-19(18)28-10-2-3-11-28/h4-5,8-9,12-13,17,30H,2-3,6-7,10-11,14H2,1H3,(H,27,31). The number of urea groups is 1. The van der Waals surface area contributed by atoms with Crippen LogP contribution < -0.4 is 15.0 Å². The zero-order chi connectivity index (χ0) is 22.9. The number of carbonyl (C=O) groups is 1. The summed E-state index contributed by atoms with van der Waals surface area (Å²) in [6.07, 6.45) is -0.896. The van der Waals surface area contributed by atoms with E-state index in [1.54, 1.807) is 17.0 Å². The number of phenols is 1. The molecule has 2 N–H and O–H groups in total. The molecule has 0 unspecified atom stereocenters. The lowest BCUT2D eigenvalue weighted by Crippen LogP contribution is -2.36. The number of nitrogens with zero attached hydrogens (tertiary/aromatic N) is 2. The molecule has 1 saturated carbocycles. The summed E-state index contributed by atoms with van der Waals surface area (Å²) in [5.41, 5.74) is 0.731. The van der Waals surface area contributed by atoms with Crippen molar-refractivity contribution in [1.82, 2.24) is 4.90 Å². The Hall–Kier alpha value is -3.10. The first-order valence-electron chi connectivity index (χ1n) is 10.7. The number of anilines is 2. The van der Waals surface area contributed by atoms with Gasteiger partial charge in [0, 0.05) is 25.7 Å². The van der Waals surface area contributed by atoms with Gasteiger partial charge in [-0.05, 0) is 61.6 Å². The predicted octanol–water partition coefficient (Wildman–Crippen LogP) is 5.22. The van der Waals surface area contributed by atoms with Crippen molar-refractivity contribution < 1.29 is 27.8 Å². The molecule has 9 heteroatoms. The van der Waals surface area contributed by atoms with Gasteiger partial charge >= 0.3 is 12.2 Å². The predicted molar refractivity (Wildman–Crippen MR) is 115 cm³/mol. The first kappa shape index (κ1) is 22.1. The zero-order valence-electron chi connectivity index (χ0n) is 17.8. The van der Waals surface area contributed by atoms with E-state index in [4.69, 9.17) is 4.74 Å². The van der Waals surface area contributed by atoms with Crippen molar-refractivity contribution in [2.45, 2.75) is 44.4 Å². The number of nitrogens with one attached hydrogen (secondary N) is 1. The molecule has 1 heterocycles. The lowest BCUT2D eigenvalue weighted by molar-refractivity contribution is -0.137. The summed E-state index contributed by atoms with van der Waals surface area (Å²) in [7, 11) is 1.44. The summed E-state index contributed by atoms with van der Waals surface area (Å²) in [5.74, 6) is 0.297. The zero-order valence-corrected chi connectivity index (χ0v) is 17.8. The SMILES string of the molecule is COc1cc(CN(C(=O)Nc2cc(C(F)(F)F)ccc2N2CCCC2)C2CC2)ccc1O. The van der Waals surface area contributed by atoms with Gasteiger partial charge in [-0.3, -0.25) is 0 Å². The van der Waals surface area contributed by atoms with Crippen LogP contribution in [0.4, 0.5) is 29.3 Å². The summed E-state index contributed by atoms with van der Waals surface area (Å²) in [6, 6.07) is 7.93. The minimum absolute atomic E-state index is 0.00195. The number of carbonyl (C=O) groups excluding carboxylic acids is 1. The molecule has 1 aliphatic heterocycles. The number of hydrogen-bond acceptors (Lipinski definition) is 4. The van der Waals surface area contributed by atoms with Crippen LogP contribution in [0, 0.1) is 0 Å². The third kappa shape index (κ3) is 4.87. The number of methoxy groups -OCH3 is 1. The van der Waals surface area contributed by atoms with Gasteiger partial charge in [0.2, 0.25) is 0 Å². The normalized spacial score (nSPS) is 16.2. The van der Waals surface area contributed by atoms with Crippen LogP contribution in [-0.4, -0.2) is 42.3 Å². The number of alkyl halides is 3. The second kappa shape index (κ2) is 8.80. The Balaban J connectivity index is 1.59. The lowest BCUT2D eigenvalue weighted by Gasteiger charge is -2.27. The first-order chi connectivity index (χ1) is 15.3. The van der Waals surface area contributed by atoms with Crippen molar-refractivity contribution >= 4 is 17.4 Å². The van der Waals surface area contributed by atoms with Crippen LogP contribution in [0.2, 0.25) is 0 Å². The largest absolute Gasteiger partial charge is 0.504 e. The Bertz CT molecular complexity index is 986. The van der Waals surface area contributed by atoms with E-state index in [2.05, 4.69) is 5.32 Å². The highest BCUT2D eigenvalue weighted by atomic mass is 19.4. The maximum Gasteiger partial charge on any atom is 0.416 e. The molecule has 0 radical (unpaired) electrons. The molecule has 6 nitrogen and oxygen atoms in total. The third-order valence-electron chi connectivity index (χ3n) is 5.86. The fourth-order valence-corrected chi connectivity index (χ4v) is 4.00. The van der Waals surface area contributed by atoms with Crippen LogP contribution in [0.15, 0.2) is 36.4 Å². The molecule has 32 heavy (non-hydrogen) atoms. The first-order valence-corrected chi connectivity index (χ1v) is 10.7. The Morgan fingerprint density at radius 2 is 1.91 bits per heavy atom. The lowest BCUT2D eigenvalue weighted by atomic mass is 10.1. The van der Waals surface area contributed by atoms with E-state index in [1.165, 1.54) is 19.2 Å². The molecule has 2 aromatic rings. The van der Waals surface area contributed by atoms with Crippen LogP contribution in [0.1, 0.15) is 36.8 Å². The van der Waals surface area contributed by atoms with Gasteiger partial charge in [0.05, 0.1) is 24.0 Å². The molecule has 4 rings (SSSR count). The van der Waals surface area contributed by atoms with Crippen molar-refractivity contribution in [2.75, 3.05) is 30.4 Å². The van der Waals surface area contributed by atoms with Crippen molar-refractivity contribution in [3.63, 3.8) is 0 Å². The van der Waals surface area contributed by atoms with E-state index >= 15 is 0 Å². The Morgan fingerprint density at radius 3 is 2.53 bits per heavy atom. The topological polar surface area (TPSA) is 65.0 Å². The smallest absolute Gasteiger partial charge is 0.416 e. The van der Waals surface area contributed by atoms with E-state index in [0.29, 0.717) is 11.4 Å². The molecule has 0 bridgehead atoms. The van der Waals surface area contributed by atoms with Crippen LogP contribution in [0.3, 0.4) is 0 Å². The van der Waals surface area contributed by atoms with Crippen molar-refractivity contribution in [3.05, 3.63) is 47.5 Å². The number of aromatic hydroxyl groups is 1. The fourth-order valence-electron chi connectivity index (χ4n) is 4.00. The summed E-state index contributed by atoms with van der Waals surface area (Å²) < 4.78 is 45.1. The van der Waals surface area contributed by atoms with E-state index in [9.17, 15) is 23.1 Å². The highest BCUT2D eigenvalue weighted by Gasteiger charge is 2.35. The minimum Gasteiger partial charge on any atom is -0.504 e. The van der Waals surface area contributed by atoms with Crippen LogP contribution >= 0.6 is 0 Å². The van der Waals surface area contributed by atoms with Gasteiger partial charge in [0.15, 0.2) is 11.5 Å². The number of halogens is 3. The number of amides is 2. The molecular formula is C23H26F3N3O3. The number of ether oxygens (including phenoxy) is 1. The summed E-state index contributed by atoms with van der Waals surface area (Å²) >= 11 is 0. The second-order valence-electron chi connectivity index (χ2n) is 8.22. The monoisotopic (exact) mass is 449 g/mol. The van der Waals surface area contributed by atoms with Crippen molar-refractivity contribution in [2.24, 2.45) is 0 Å². The fraction of sp³-hybridized carbons (Fsp3) is 0.435. The maximum absolute atomic E-state index is 13.3. The van der Waals surface area contributed by atoms with Crippen LogP contribution in [0.5, 0.6) is 11.5 Å². The molecular weight excluding hydrogens is 423 g/mol. The summed E-state index contributed by atoms with van der Waals surface area (Å²) in [6.45, 7) is 1.74. The second-order valence-corrected chi connectivity index (χ2v) is 8.22. The quantitative estimate of drug-likeness (QED) is 0.635. The molecule has 2 amide bonds. The minimum atomic E-state index is -4.50. The number of benzene rings is 2. The molecule has 1 saturated heterocycles. The van der Waals surface area contributed by atoms with Crippen LogP contribution in [0.25, 0.3) is 0 Å². The molecule has 2 aliphatic rings. The molecule has 172 valence electrons. The van der Waals surface area contributed by atoms with E-state index in [1.807, 2.05) is 4.90 Å². The van der Waals surface area contributed by atoms with Gasteiger partial charge in [-0.2, -0.15) is 13.2 Å². The van der Waals surface area contributed by atoms with Crippen molar-refractivity contribution in [1.29, 1.82) is 0 Å². The van der Waals surface area contributed by atoms with Gasteiger partial charge in [0.1, 0.15) is 0 Å². The van der Waals surface area contributed by atoms with Gasteiger partial charge in [-0.1, -0.05) is 6.07 Å². The number of rotatable bonds is 6. The molecule has 1 aliphatic carbocycles. The van der Waals surface area contributed by atoms with Gasteiger partial charge in [0.25, 0.3) is 0 Å². The Morgan fingerprint density at radius 1 is 1.19 bits per heavy atom. The molecule has 2 aromatic carbocycles. The summed E-state index contributed by atoms with van der Waals surface area (Å²) in [4.78, 5) is 16.8. The van der Waals surface area contributed by atoms with Gasteiger partial charge in [-0.15, -0.1) is 0 Å². The van der Waals surface area contributed by atoms with E-state index in [-0.39, 0.29) is 24.0 Å². The third-order valence-corrected chi connectivity index (χ3v) is 5.86. The van der Waals surface area contributed by atoms with Crippen LogP contribution in [-0.2, 0) is 12.7 Å². The average Bonchev–Trinajstić information content (AvgIpc) is 3.45. The average molecular weight is 449 g/mol. The molecule has 0 aromatic heterocycles. The maximum atomic E-state index is 13.3. The highest BCUT2D eigenvalue weighted by molar-refractivity contribution is 5.94. The van der Waals surface area contributed by atoms with Crippen molar-refractivity contribution in [3.8, 4) is 11.5 Å². The van der Waals surface area contributed by atoms with E-state index < -0.39 is 17.8 Å². The highest BCUT2D eigenvalue weighted by Crippen LogP contribution is 2.37. The van der Waals surface area contributed by atoms with Gasteiger partial charge in [-0.25, -0.2) is 4.79 Å². The Labute approximate surface area is 184 Å². The Kier molecular flexibility index (Phi) is 6.08. The number of hydrogen-bond donors (Lipinski definition) is 2. The molecule has 0 spiro atoms. The summed E-state index contributed by atoms with van der Waals surface area (Å²) in [5, 5.41) is 12.6. The van der Waals surface area contributed by atoms with Gasteiger partial charge < -0.3 is 25.0 Å². The van der Waals surface area contributed by atoms with E-state index in [0.717, 1.165) is 56.5 Å².